The molecule has 0 aliphatic carbocycles. The van der Waals surface area contributed by atoms with Gasteiger partial charge in [-0.15, -0.1) is 23.2 Å². The van der Waals surface area contributed by atoms with Crippen LogP contribution in [-0.2, 0) is 11.8 Å². The van der Waals surface area contributed by atoms with Crippen LogP contribution in [0, 0.1) is 0 Å². The molecule has 0 amide bonds. The first kappa shape index (κ1) is 9.30. The quantitative estimate of drug-likeness (QED) is 0.738. The van der Waals surface area contributed by atoms with Gasteiger partial charge in [0.05, 0.1) is 17.5 Å². The Kier molecular flexibility index (Phi) is 3.63. The van der Waals surface area contributed by atoms with Gasteiger partial charge in [0.15, 0.2) is 0 Å². The van der Waals surface area contributed by atoms with Crippen LogP contribution in [0.1, 0.15) is 11.3 Å². The minimum atomic E-state index is 0.404. The second-order valence-electron chi connectivity index (χ2n) is 1.99. The molecule has 1 nitrogen and oxygen atoms in total. The van der Waals surface area contributed by atoms with Crippen molar-refractivity contribution in [3.8, 4) is 0 Å². The van der Waals surface area contributed by atoms with Crippen molar-refractivity contribution >= 4 is 39.1 Å². The zero-order valence-corrected chi connectivity index (χ0v) is 8.75. The average Bonchev–Trinajstić information content (AvgIpc) is 2.04. The second-order valence-corrected chi connectivity index (χ2v) is 3.37. The Morgan fingerprint density at radius 2 is 2.09 bits per heavy atom. The third-order valence-corrected chi connectivity index (χ3v) is 2.61. The summed E-state index contributed by atoms with van der Waals surface area (Å²) in [6, 6.07) is 1.85. The van der Waals surface area contributed by atoms with E-state index in [4.69, 9.17) is 23.2 Å². The summed E-state index contributed by atoms with van der Waals surface area (Å²) in [6.07, 6.45) is 1.71. The van der Waals surface area contributed by atoms with E-state index in [1.54, 1.807) is 6.20 Å². The van der Waals surface area contributed by atoms with Gasteiger partial charge in [-0.3, -0.25) is 4.98 Å². The van der Waals surface area contributed by atoms with Crippen LogP contribution < -0.4 is 0 Å². The van der Waals surface area contributed by atoms with E-state index in [1.165, 1.54) is 0 Å². The van der Waals surface area contributed by atoms with Crippen LogP contribution in [0.3, 0.4) is 0 Å². The van der Waals surface area contributed by atoms with Crippen molar-refractivity contribution in [2.24, 2.45) is 0 Å². The molecule has 0 saturated carbocycles. The van der Waals surface area contributed by atoms with E-state index in [9.17, 15) is 0 Å². The highest BCUT2D eigenvalue weighted by atomic mass is 79.9. The first-order valence-corrected chi connectivity index (χ1v) is 4.90. The molecular weight excluding hydrogens is 249 g/mol. The van der Waals surface area contributed by atoms with Crippen LogP contribution in [0.4, 0.5) is 0 Å². The molecule has 0 aliphatic heterocycles. The fourth-order valence-corrected chi connectivity index (χ4v) is 1.94. The number of nitrogens with zero attached hydrogens (tertiary/aromatic N) is 1. The van der Waals surface area contributed by atoms with Crippen molar-refractivity contribution < 1.29 is 0 Å². The average molecular weight is 255 g/mol. The SMILES string of the molecule is ClCc1nccc(Br)c1CCl. The molecule has 0 aromatic carbocycles. The number of pyridine rings is 1. The Morgan fingerprint density at radius 1 is 1.36 bits per heavy atom. The maximum Gasteiger partial charge on any atom is 0.0650 e. The monoisotopic (exact) mass is 253 g/mol. The van der Waals surface area contributed by atoms with E-state index in [0.717, 1.165) is 15.7 Å². The van der Waals surface area contributed by atoms with Gasteiger partial charge in [-0.25, -0.2) is 0 Å². The molecule has 1 aromatic heterocycles. The van der Waals surface area contributed by atoms with E-state index in [-0.39, 0.29) is 0 Å². The van der Waals surface area contributed by atoms with Crippen molar-refractivity contribution in [3.63, 3.8) is 0 Å². The molecule has 60 valence electrons. The van der Waals surface area contributed by atoms with Crippen molar-refractivity contribution in [1.82, 2.24) is 4.98 Å². The first-order chi connectivity index (χ1) is 5.29. The fourth-order valence-electron chi connectivity index (χ4n) is 0.765. The lowest BCUT2D eigenvalue weighted by molar-refractivity contribution is 1.10. The highest BCUT2D eigenvalue weighted by Gasteiger charge is 2.04. The lowest BCUT2D eigenvalue weighted by atomic mass is 10.2. The third kappa shape index (κ3) is 2.08. The second kappa shape index (κ2) is 4.29. The first-order valence-electron chi connectivity index (χ1n) is 3.03. The van der Waals surface area contributed by atoms with Crippen molar-refractivity contribution in [2.75, 3.05) is 0 Å². The van der Waals surface area contributed by atoms with Crippen LogP contribution in [0.5, 0.6) is 0 Å². The zero-order chi connectivity index (χ0) is 8.27. The molecule has 0 aliphatic rings. The van der Waals surface area contributed by atoms with Gasteiger partial charge in [0, 0.05) is 16.2 Å². The Balaban J connectivity index is 3.13. The van der Waals surface area contributed by atoms with Crippen LogP contribution >= 0.6 is 39.1 Å². The predicted molar refractivity (Wildman–Crippen MR) is 51.1 cm³/mol. The third-order valence-electron chi connectivity index (χ3n) is 1.35. The summed E-state index contributed by atoms with van der Waals surface area (Å²) >= 11 is 14.7. The van der Waals surface area contributed by atoms with Crippen molar-refractivity contribution in [1.29, 1.82) is 0 Å². The van der Waals surface area contributed by atoms with E-state index < -0.39 is 0 Å². The molecule has 0 unspecified atom stereocenters. The molecule has 0 atom stereocenters. The number of aromatic nitrogens is 1. The number of halogens is 3. The number of rotatable bonds is 2. The summed E-state index contributed by atoms with van der Waals surface area (Å²) in [7, 11) is 0. The molecule has 0 fully saturated rings. The van der Waals surface area contributed by atoms with Crippen LogP contribution in [0.2, 0.25) is 0 Å². The minimum absolute atomic E-state index is 0.404. The number of hydrogen-bond donors (Lipinski definition) is 0. The van der Waals surface area contributed by atoms with Gasteiger partial charge in [0.1, 0.15) is 0 Å². The van der Waals surface area contributed by atoms with Crippen molar-refractivity contribution in [2.45, 2.75) is 11.8 Å². The highest BCUT2D eigenvalue weighted by Crippen LogP contribution is 2.21. The maximum absolute atomic E-state index is 5.69. The summed E-state index contributed by atoms with van der Waals surface area (Å²) in [5.41, 5.74) is 1.82. The zero-order valence-electron chi connectivity index (χ0n) is 5.65. The summed E-state index contributed by atoms with van der Waals surface area (Å²) < 4.78 is 0.971. The van der Waals surface area contributed by atoms with E-state index >= 15 is 0 Å². The lowest BCUT2D eigenvalue weighted by Gasteiger charge is -2.03. The lowest BCUT2D eigenvalue weighted by Crippen LogP contribution is -1.93. The van der Waals surface area contributed by atoms with E-state index in [2.05, 4.69) is 20.9 Å². The normalized spacial score (nSPS) is 10.1. The molecule has 0 spiro atoms. The van der Waals surface area contributed by atoms with Gasteiger partial charge in [-0.1, -0.05) is 15.9 Å². The molecule has 0 bridgehead atoms. The summed E-state index contributed by atoms with van der Waals surface area (Å²) in [6.45, 7) is 0. The molecular formula is C7H6BrCl2N. The van der Waals surface area contributed by atoms with Crippen LogP contribution in [0.15, 0.2) is 16.7 Å². The van der Waals surface area contributed by atoms with Gasteiger partial charge < -0.3 is 0 Å². The summed E-state index contributed by atoms with van der Waals surface area (Å²) in [5, 5.41) is 0. The largest absolute Gasteiger partial charge is 0.260 e. The predicted octanol–water partition coefficient (Wildman–Crippen LogP) is 3.32. The molecule has 0 saturated heterocycles. The summed E-state index contributed by atoms with van der Waals surface area (Å²) in [4.78, 5) is 4.08. The number of hydrogen-bond acceptors (Lipinski definition) is 1. The molecule has 1 heterocycles. The highest BCUT2D eigenvalue weighted by molar-refractivity contribution is 9.10. The number of alkyl halides is 2. The molecule has 4 heteroatoms. The maximum atomic E-state index is 5.69. The Bertz CT molecular complexity index is 252. The van der Waals surface area contributed by atoms with E-state index in [0.29, 0.717) is 11.8 Å². The smallest absolute Gasteiger partial charge is 0.0650 e. The van der Waals surface area contributed by atoms with Crippen LogP contribution in [-0.4, -0.2) is 4.98 Å². The van der Waals surface area contributed by atoms with Gasteiger partial charge in [0.2, 0.25) is 0 Å². The standard InChI is InChI=1S/C7H6BrCl2N/c8-6-1-2-11-7(4-10)5(6)3-9/h1-2H,3-4H2. The summed E-state index contributed by atoms with van der Waals surface area (Å²) in [5.74, 6) is 0.845. The van der Waals surface area contributed by atoms with Gasteiger partial charge in [-0.05, 0) is 6.07 Å². The Morgan fingerprint density at radius 3 is 2.55 bits per heavy atom. The van der Waals surface area contributed by atoms with Crippen LogP contribution in [0.25, 0.3) is 0 Å². The molecule has 0 N–H and O–H groups in total. The van der Waals surface area contributed by atoms with Crippen molar-refractivity contribution in [3.05, 3.63) is 28.0 Å². The molecule has 1 rings (SSSR count). The minimum Gasteiger partial charge on any atom is -0.260 e. The van der Waals surface area contributed by atoms with Gasteiger partial charge in [-0.2, -0.15) is 0 Å². The van der Waals surface area contributed by atoms with Gasteiger partial charge in [0.25, 0.3) is 0 Å². The van der Waals surface area contributed by atoms with E-state index in [1.807, 2.05) is 6.07 Å². The Labute approximate surface area is 83.9 Å². The Hall–Kier alpha value is 0.210. The topological polar surface area (TPSA) is 12.9 Å². The fraction of sp³-hybridized carbons (Fsp3) is 0.286. The van der Waals surface area contributed by atoms with Gasteiger partial charge >= 0.3 is 0 Å². The molecule has 1 aromatic rings. The molecule has 0 radical (unpaired) electrons. The molecule has 11 heavy (non-hydrogen) atoms.